The fourth-order valence-corrected chi connectivity index (χ4v) is 4.13. The molecule has 1 aliphatic rings. The van der Waals surface area contributed by atoms with Crippen LogP contribution < -0.4 is 19.5 Å². The molecule has 1 amide bonds. The van der Waals surface area contributed by atoms with Crippen molar-refractivity contribution >= 4 is 27.3 Å². The summed E-state index contributed by atoms with van der Waals surface area (Å²) in [4.78, 5) is 12.6. The van der Waals surface area contributed by atoms with E-state index in [-0.39, 0.29) is 10.8 Å². The molecule has 0 saturated heterocycles. The standard InChI is InChI=1S/C22H19FN2O5S/c1-14-21(30-20-5-3-2-4-19(20)29-14)22(26)24-16-8-10-17(11-9-16)25-31(27,28)18-12-6-15(23)7-13-18/h2-14,21,25H,1H3,(H,24,26)/t14-,21-/m1/s1. The molecule has 9 heteroatoms. The van der Waals surface area contributed by atoms with Gasteiger partial charge in [0.05, 0.1) is 4.90 Å². The smallest absolute Gasteiger partial charge is 0.269 e. The number of halogens is 1. The minimum atomic E-state index is -3.86. The number of rotatable bonds is 5. The summed E-state index contributed by atoms with van der Waals surface area (Å²) in [6, 6.07) is 17.7. The van der Waals surface area contributed by atoms with Gasteiger partial charge in [-0.2, -0.15) is 0 Å². The van der Waals surface area contributed by atoms with E-state index in [1.807, 2.05) is 6.07 Å². The van der Waals surface area contributed by atoms with E-state index in [2.05, 4.69) is 10.0 Å². The van der Waals surface area contributed by atoms with Crippen LogP contribution in [0.1, 0.15) is 6.92 Å². The predicted molar refractivity (Wildman–Crippen MR) is 113 cm³/mol. The Morgan fingerprint density at radius 2 is 1.45 bits per heavy atom. The van der Waals surface area contributed by atoms with Crippen LogP contribution in [-0.4, -0.2) is 26.5 Å². The normalized spacial score (nSPS) is 17.6. The average molecular weight is 442 g/mol. The number of benzene rings is 3. The van der Waals surface area contributed by atoms with Gasteiger partial charge in [-0.1, -0.05) is 12.1 Å². The van der Waals surface area contributed by atoms with Gasteiger partial charge in [-0.3, -0.25) is 9.52 Å². The minimum absolute atomic E-state index is 0.0602. The first-order valence-corrected chi connectivity index (χ1v) is 10.9. The lowest BCUT2D eigenvalue weighted by Gasteiger charge is -2.31. The number of hydrogen-bond donors (Lipinski definition) is 2. The number of carbonyl (C=O) groups is 1. The van der Waals surface area contributed by atoms with Gasteiger partial charge in [0.2, 0.25) is 6.10 Å². The van der Waals surface area contributed by atoms with Gasteiger partial charge >= 0.3 is 0 Å². The van der Waals surface area contributed by atoms with Crippen LogP contribution in [0.2, 0.25) is 0 Å². The molecule has 2 atom stereocenters. The number of nitrogens with one attached hydrogen (secondary N) is 2. The summed E-state index contributed by atoms with van der Waals surface area (Å²) >= 11 is 0. The molecule has 0 aromatic heterocycles. The first kappa shape index (κ1) is 20.7. The van der Waals surface area contributed by atoms with Gasteiger partial charge in [-0.05, 0) is 67.6 Å². The predicted octanol–water partition coefficient (Wildman–Crippen LogP) is 3.79. The maximum absolute atomic E-state index is 13.0. The summed E-state index contributed by atoms with van der Waals surface area (Å²) < 4.78 is 51.7. The molecule has 0 unspecified atom stereocenters. The first-order valence-electron chi connectivity index (χ1n) is 9.43. The van der Waals surface area contributed by atoms with Crippen molar-refractivity contribution in [3.8, 4) is 11.5 Å². The Balaban J connectivity index is 1.42. The van der Waals surface area contributed by atoms with Crippen LogP contribution in [0.15, 0.2) is 77.7 Å². The molecular weight excluding hydrogens is 423 g/mol. The number of sulfonamides is 1. The summed E-state index contributed by atoms with van der Waals surface area (Å²) in [5.74, 6) is 0.161. The van der Waals surface area contributed by atoms with Crippen LogP contribution >= 0.6 is 0 Å². The van der Waals surface area contributed by atoms with Gasteiger partial charge < -0.3 is 14.8 Å². The van der Waals surface area contributed by atoms with E-state index in [1.54, 1.807) is 37.3 Å². The van der Waals surface area contributed by atoms with Crippen LogP contribution in [0, 0.1) is 5.82 Å². The molecule has 0 fully saturated rings. The van der Waals surface area contributed by atoms with E-state index in [9.17, 15) is 17.6 Å². The second kappa shape index (κ2) is 8.27. The molecule has 1 heterocycles. The van der Waals surface area contributed by atoms with Crippen LogP contribution in [-0.2, 0) is 14.8 Å². The van der Waals surface area contributed by atoms with Crippen LogP contribution in [0.5, 0.6) is 11.5 Å². The molecule has 3 aromatic rings. The Hall–Kier alpha value is -3.59. The molecule has 0 radical (unpaired) electrons. The maximum Gasteiger partial charge on any atom is 0.269 e. The van der Waals surface area contributed by atoms with E-state index < -0.39 is 28.0 Å². The Morgan fingerprint density at radius 3 is 2.10 bits per heavy atom. The van der Waals surface area contributed by atoms with Crippen molar-refractivity contribution in [2.24, 2.45) is 0 Å². The molecule has 0 saturated carbocycles. The van der Waals surface area contributed by atoms with E-state index in [0.29, 0.717) is 22.9 Å². The second-order valence-corrected chi connectivity index (χ2v) is 8.62. The number of para-hydroxylation sites is 2. The monoisotopic (exact) mass is 442 g/mol. The summed E-state index contributed by atoms with van der Waals surface area (Å²) in [5.41, 5.74) is 0.756. The van der Waals surface area contributed by atoms with Crippen molar-refractivity contribution in [2.75, 3.05) is 10.0 Å². The molecule has 0 spiro atoms. The average Bonchev–Trinajstić information content (AvgIpc) is 2.74. The van der Waals surface area contributed by atoms with E-state index in [1.165, 1.54) is 24.3 Å². The number of hydrogen-bond acceptors (Lipinski definition) is 5. The summed E-state index contributed by atoms with van der Waals surface area (Å²) in [5, 5.41) is 2.74. The minimum Gasteiger partial charge on any atom is -0.482 e. The van der Waals surface area contributed by atoms with E-state index in [0.717, 1.165) is 12.1 Å². The molecule has 160 valence electrons. The van der Waals surface area contributed by atoms with Gasteiger partial charge in [0.1, 0.15) is 11.9 Å². The Kier molecular flexibility index (Phi) is 5.51. The number of amides is 1. The molecule has 31 heavy (non-hydrogen) atoms. The van der Waals surface area contributed by atoms with Crippen molar-refractivity contribution in [1.82, 2.24) is 0 Å². The highest BCUT2D eigenvalue weighted by atomic mass is 32.2. The third kappa shape index (κ3) is 4.61. The lowest BCUT2D eigenvalue weighted by atomic mass is 10.1. The molecule has 0 bridgehead atoms. The zero-order valence-corrected chi connectivity index (χ0v) is 17.2. The quantitative estimate of drug-likeness (QED) is 0.627. The number of fused-ring (bicyclic) bond motifs is 1. The maximum atomic E-state index is 13.0. The van der Waals surface area contributed by atoms with Gasteiger partial charge in [0.15, 0.2) is 11.5 Å². The summed E-state index contributed by atoms with van der Waals surface area (Å²) in [6.45, 7) is 1.74. The second-order valence-electron chi connectivity index (χ2n) is 6.93. The first-order chi connectivity index (χ1) is 14.8. The highest BCUT2D eigenvalue weighted by Gasteiger charge is 2.34. The van der Waals surface area contributed by atoms with Gasteiger partial charge in [-0.15, -0.1) is 0 Å². The molecule has 3 aromatic carbocycles. The third-order valence-electron chi connectivity index (χ3n) is 4.63. The van der Waals surface area contributed by atoms with Crippen molar-refractivity contribution in [2.45, 2.75) is 24.0 Å². The van der Waals surface area contributed by atoms with Crippen LogP contribution in [0.3, 0.4) is 0 Å². The molecule has 1 aliphatic heterocycles. The number of ether oxygens (including phenoxy) is 2. The highest BCUT2D eigenvalue weighted by molar-refractivity contribution is 7.92. The lowest BCUT2D eigenvalue weighted by Crippen LogP contribution is -2.46. The molecule has 4 rings (SSSR count). The summed E-state index contributed by atoms with van der Waals surface area (Å²) in [7, 11) is -3.86. The fraction of sp³-hybridized carbons (Fsp3) is 0.136. The van der Waals surface area contributed by atoms with Crippen molar-refractivity contribution < 1.29 is 27.1 Å². The Morgan fingerprint density at radius 1 is 0.871 bits per heavy atom. The van der Waals surface area contributed by atoms with Crippen molar-refractivity contribution in [1.29, 1.82) is 0 Å². The van der Waals surface area contributed by atoms with Gasteiger partial charge in [-0.25, -0.2) is 12.8 Å². The number of anilines is 2. The van der Waals surface area contributed by atoms with Crippen LogP contribution in [0.25, 0.3) is 0 Å². The molecule has 2 N–H and O–H groups in total. The van der Waals surface area contributed by atoms with Crippen LogP contribution in [0.4, 0.5) is 15.8 Å². The van der Waals surface area contributed by atoms with Crippen molar-refractivity contribution in [3.05, 3.63) is 78.6 Å². The largest absolute Gasteiger partial charge is 0.482 e. The highest BCUT2D eigenvalue weighted by Crippen LogP contribution is 2.33. The fourth-order valence-electron chi connectivity index (χ4n) is 3.07. The van der Waals surface area contributed by atoms with E-state index in [4.69, 9.17) is 9.47 Å². The zero-order chi connectivity index (χ0) is 22.0. The van der Waals surface area contributed by atoms with Crippen molar-refractivity contribution in [3.63, 3.8) is 0 Å². The van der Waals surface area contributed by atoms with Gasteiger partial charge in [0.25, 0.3) is 15.9 Å². The zero-order valence-electron chi connectivity index (χ0n) is 16.4. The molecule has 7 nitrogen and oxygen atoms in total. The number of carbonyl (C=O) groups excluding carboxylic acids is 1. The summed E-state index contributed by atoms with van der Waals surface area (Å²) in [6.07, 6.45) is -1.33. The SMILES string of the molecule is C[C@H]1Oc2ccccc2O[C@H]1C(=O)Nc1ccc(NS(=O)(=O)c2ccc(F)cc2)cc1. The Bertz CT molecular complexity index is 1200. The van der Waals surface area contributed by atoms with Gasteiger partial charge in [0, 0.05) is 11.4 Å². The lowest BCUT2D eigenvalue weighted by molar-refractivity contribution is -0.128. The topological polar surface area (TPSA) is 93.7 Å². The molecule has 0 aliphatic carbocycles. The van der Waals surface area contributed by atoms with E-state index >= 15 is 0 Å². The Labute approximate surface area is 178 Å². The third-order valence-corrected chi connectivity index (χ3v) is 6.03. The molecular formula is C22H19FN2O5S.